The summed E-state index contributed by atoms with van der Waals surface area (Å²) >= 11 is 0. The van der Waals surface area contributed by atoms with Crippen LogP contribution in [0.2, 0.25) is 0 Å². The van der Waals surface area contributed by atoms with Crippen molar-refractivity contribution < 1.29 is 19.0 Å². The molecule has 0 aliphatic heterocycles. The van der Waals surface area contributed by atoms with Gasteiger partial charge >= 0.3 is 6.09 Å². The van der Waals surface area contributed by atoms with Gasteiger partial charge in [-0.1, -0.05) is 0 Å². The molecular formula is C14H21NO4. The second kappa shape index (κ2) is 6.31. The topological polar surface area (TPSA) is 48.0 Å². The zero-order valence-corrected chi connectivity index (χ0v) is 12.4. The largest absolute Gasteiger partial charge is 0.496 e. The Morgan fingerprint density at radius 1 is 1.16 bits per heavy atom. The molecule has 0 aliphatic carbocycles. The molecule has 0 bridgehead atoms. The first-order valence-electron chi connectivity index (χ1n) is 5.96. The van der Waals surface area contributed by atoms with Crippen LogP contribution in [0.5, 0.6) is 11.5 Å². The van der Waals surface area contributed by atoms with Gasteiger partial charge in [-0.2, -0.15) is 0 Å². The van der Waals surface area contributed by atoms with Crippen LogP contribution >= 0.6 is 0 Å². The number of rotatable bonds is 4. The number of carbonyl (C=O) groups is 1. The summed E-state index contributed by atoms with van der Waals surface area (Å²) in [6.07, 6.45) is -0.390. The lowest BCUT2D eigenvalue weighted by Crippen LogP contribution is -2.26. The summed E-state index contributed by atoms with van der Waals surface area (Å²) in [6, 6.07) is 1.89. The van der Waals surface area contributed by atoms with E-state index in [0.29, 0.717) is 6.54 Å². The number of benzene rings is 1. The van der Waals surface area contributed by atoms with Crippen LogP contribution in [0.25, 0.3) is 0 Å². The molecule has 1 rings (SSSR count). The fourth-order valence-electron chi connectivity index (χ4n) is 2.02. The van der Waals surface area contributed by atoms with Crippen LogP contribution in [0.4, 0.5) is 4.79 Å². The van der Waals surface area contributed by atoms with Crippen molar-refractivity contribution in [1.29, 1.82) is 0 Å². The molecule has 0 N–H and O–H groups in total. The Bertz CT molecular complexity index is 471. The summed E-state index contributed by atoms with van der Waals surface area (Å²) in [5.74, 6) is 1.56. The number of methoxy groups -OCH3 is 3. The molecule has 19 heavy (non-hydrogen) atoms. The van der Waals surface area contributed by atoms with Gasteiger partial charge in [0.2, 0.25) is 0 Å². The van der Waals surface area contributed by atoms with Gasteiger partial charge in [0.25, 0.3) is 0 Å². The Morgan fingerprint density at radius 3 is 2.26 bits per heavy atom. The lowest BCUT2D eigenvalue weighted by Gasteiger charge is -2.20. The van der Waals surface area contributed by atoms with Crippen molar-refractivity contribution in [2.24, 2.45) is 0 Å². The van der Waals surface area contributed by atoms with Crippen molar-refractivity contribution in [2.45, 2.75) is 20.4 Å². The second-order valence-electron chi connectivity index (χ2n) is 4.35. The quantitative estimate of drug-likeness (QED) is 0.841. The number of hydrogen-bond acceptors (Lipinski definition) is 4. The Hall–Kier alpha value is -1.91. The molecule has 5 heteroatoms. The van der Waals surface area contributed by atoms with Crippen LogP contribution in [-0.2, 0) is 11.3 Å². The maximum absolute atomic E-state index is 11.5. The van der Waals surface area contributed by atoms with Crippen molar-refractivity contribution >= 4 is 6.09 Å². The van der Waals surface area contributed by atoms with Gasteiger partial charge in [-0.05, 0) is 31.0 Å². The zero-order valence-electron chi connectivity index (χ0n) is 12.4. The highest BCUT2D eigenvalue weighted by Crippen LogP contribution is 2.33. The van der Waals surface area contributed by atoms with E-state index in [-0.39, 0.29) is 6.09 Å². The van der Waals surface area contributed by atoms with E-state index in [0.717, 1.165) is 28.2 Å². The number of nitrogens with zero attached hydrogens (tertiary/aromatic N) is 1. The Kier molecular flexibility index (Phi) is 5.03. The van der Waals surface area contributed by atoms with E-state index in [9.17, 15) is 4.79 Å². The number of carbonyl (C=O) groups excluding carboxylic acids is 1. The van der Waals surface area contributed by atoms with Gasteiger partial charge in [0.15, 0.2) is 0 Å². The number of hydrogen-bond donors (Lipinski definition) is 0. The Labute approximate surface area is 114 Å². The molecule has 1 aromatic carbocycles. The lowest BCUT2D eigenvalue weighted by molar-refractivity contribution is 0.131. The van der Waals surface area contributed by atoms with E-state index in [1.807, 2.05) is 19.9 Å². The van der Waals surface area contributed by atoms with Crippen molar-refractivity contribution in [3.05, 3.63) is 22.8 Å². The van der Waals surface area contributed by atoms with Gasteiger partial charge in [-0.3, -0.25) is 0 Å². The molecule has 0 aliphatic rings. The normalized spacial score (nSPS) is 10.0. The summed E-state index contributed by atoms with van der Waals surface area (Å²) in [7, 11) is 6.28. The molecule has 0 unspecified atom stereocenters. The van der Waals surface area contributed by atoms with E-state index in [4.69, 9.17) is 9.47 Å². The molecule has 0 saturated heterocycles. The molecular weight excluding hydrogens is 246 g/mol. The predicted octanol–water partition coefficient (Wildman–Crippen LogP) is 2.52. The van der Waals surface area contributed by atoms with E-state index >= 15 is 0 Å². The monoisotopic (exact) mass is 267 g/mol. The van der Waals surface area contributed by atoms with Gasteiger partial charge in [-0.15, -0.1) is 0 Å². The summed E-state index contributed by atoms with van der Waals surface area (Å²) in [5, 5.41) is 0. The van der Waals surface area contributed by atoms with Crippen LogP contribution in [0.15, 0.2) is 6.07 Å². The standard InChI is InChI=1S/C14H21NO4/c1-9-10(2)13(18-5)11(7-12(9)17-4)8-15(3)14(16)19-6/h7H,8H2,1-6H3. The minimum Gasteiger partial charge on any atom is -0.496 e. The molecule has 1 aromatic rings. The van der Waals surface area contributed by atoms with Crippen LogP contribution in [-0.4, -0.2) is 39.4 Å². The van der Waals surface area contributed by atoms with Gasteiger partial charge in [0, 0.05) is 12.6 Å². The van der Waals surface area contributed by atoms with Crippen molar-refractivity contribution in [1.82, 2.24) is 4.90 Å². The molecule has 0 fully saturated rings. The molecule has 0 heterocycles. The number of ether oxygens (including phenoxy) is 3. The third-order valence-electron chi connectivity index (χ3n) is 3.19. The Morgan fingerprint density at radius 2 is 1.79 bits per heavy atom. The molecule has 0 aromatic heterocycles. The SMILES string of the molecule is COC(=O)N(C)Cc1cc(OC)c(C)c(C)c1OC. The van der Waals surface area contributed by atoms with Crippen molar-refractivity contribution in [3.63, 3.8) is 0 Å². The van der Waals surface area contributed by atoms with Gasteiger partial charge in [-0.25, -0.2) is 4.79 Å². The fourth-order valence-corrected chi connectivity index (χ4v) is 2.02. The highest BCUT2D eigenvalue weighted by Gasteiger charge is 2.17. The highest BCUT2D eigenvalue weighted by molar-refractivity contribution is 5.67. The van der Waals surface area contributed by atoms with Crippen LogP contribution in [0.3, 0.4) is 0 Å². The minimum absolute atomic E-state index is 0.390. The van der Waals surface area contributed by atoms with Crippen molar-refractivity contribution in [2.75, 3.05) is 28.4 Å². The molecule has 0 radical (unpaired) electrons. The molecule has 0 spiro atoms. The van der Waals surface area contributed by atoms with E-state index in [2.05, 4.69) is 4.74 Å². The maximum Gasteiger partial charge on any atom is 0.409 e. The van der Waals surface area contributed by atoms with Crippen LogP contribution in [0, 0.1) is 13.8 Å². The average molecular weight is 267 g/mol. The fraction of sp³-hybridized carbons (Fsp3) is 0.500. The summed E-state index contributed by atoms with van der Waals surface area (Å²) < 4.78 is 15.5. The Balaban J connectivity index is 3.19. The van der Waals surface area contributed by atoms with Crippen LogP contribution < -0.4 is 9.47 Å². The third kappa shape index (κ3) is 3.10. The third-order valence-corrected chi connectivity index (χ3v) is 3.19. The van der Waals surface area contributed by atoms with Gasteiger partial charge in [0.05, 0.1) is 27.9 Å². The van der Waals surface area contributed by atoms with E-state index in [1.165, 1.54) is 12.0 Å². The molecule has 1 amide bonds. The van der Waals surface area contributed by atoms with E-state index in [1.54, 1.807) is 21.3 Å². The smallest absolute Gasteiger partial charge is 0.409 e. The van der Waals surface area contributed by atoms with Crippen LogP contribution in [0.1, 0.15) is 16.7 Å². The second-order valence-corrected chi connectivity index (χ2v) is 4.35. The van der Waals surface area contributed by atoms with Gasteiger partial charge in [0.1, 0.15) is 11.5 Å². The molecule has 0 saturated carbocycles. The molecule has 0 atom stereocenters. The highest BCUT2D eigenvalue weighted by atomic mass is 16.5. The molecule has 106 valence electrons. The average Bonchev–Trinajstić information content (AvgIpc) is 2.41. The number of amides is 1. The first-order chi connectivity index (χ1) is 8.96. The predicted molar refractivity (Wildman–Crippen MR) is 72.9 cm³/mol. The summed E-state index contributed by atoms with van der Waals surface area (Å²) in [6.45, 7) is 4.34. The minimum atomic E-state index is -0.390. The summed E-state index contributed by atoms with van der Waals surface area (Å²) in [5.41, 5.74) is 2.93. The van der Waals surface area contributed by atoms with E-state index < -0.39 is 0 Å². The molecule has 5 nitrogen and oxygen atoms in total. The van der Waals surface area contributed by atoms with Crippen molar-refractivity contribution in [3.8, 4) is 11.5 Å². The zero-order chi connectivity index (χ0) is 14.6. The maximum atomic E-state index is 11.5. The first-order valence-corrected chi connectivity index (χ1v) is 5.96. The van der Waals surface area contributed by atoms with Gasteiger partial charge < -0.3 is 19.1 Å². The lowest BCUT2D eigenvalue weighted by atomic mass is 10.0. The first kappa shape index (κ1) is 15.1. The summed E-state index contributed by atoms with van der Waals surface area (Å²) in [4.78, 5) is 12.9.